The first-order valence-corrected chi connectivity index (χ1v) is 12.7. The van der Waals surface area contributed by atoms with E-state index in [1.54, 1.807) is 28.6 Å². The molecule has 1 fully saturated rings. The Morgan fingerprint density at radius 1 is 1.10 bits per heavy atom. The van der Waals surface area contributed by atoms with Crippen LogP contribution in [-0.4, -0.2) is 44.1 Å². The Bertz CT molecular complexity index is 1100. The zero-order valence-corrected chi connectivity index (χ0v) is 18.8. The summed E-state index contributed by atoms with van der Waals surface area (Å²) in [6.07, 6.45) is 7.71. The van der Waals surface area contributed by atoms with Crippen LogP contribution in [0.5, 0.6) is 0 Å². The molecule has 3 atom stereocenters. The van der Waals surface area contributed by atoms with Crippen LogP contribution < -0.4 is 4.90 Å². The van der Waals surface area contributed by atoms with Crippen molar-refractivity contribution in [2.45, 2.75) is 49.1 Å². The van der Waals surface area contributed by atoms with E-state index in [2.05, 4.69) is 29.2 Å². The lowest BCUT2D eigenvalue weighted by Gasteiger charge is -2.44. The van der Waals surface area contributed by atoms with Crippen molar-refractivity contribution in [3.8, 4) is 0 Å². The molecule has 0 spiro atoms. The molecule has 5 nitrogen and oxygen atoms in total. The maximum Gasteiger partial charge on any atom is 0.243 e. The number of nitrogens with zero attached hydrogens (tertiary/aromatic N) is 2. The molecule has 0 radical (unpaired) electrons. The van der Waals surface area contributed by atoms with Gasteiger partial charge in [0.25, 0.3) is 0 Å². The number of anilines is 1. The van der Waals surface area contributed by atoms with Crippen molar-refractivity contribution in [1.29, 1.82) is 0 Å². The van der Waals surface area contributed by atoms with Gasteiger partial charge in [-0.1, -0.05) is 30.3 Å². The van der Waals surface area contributed by atoms with Crippen molar-refractivity contribution in [3.63, 3.8) is 0 Å². The molecular weight excluding hydrogens is 408 g/mol. The summed E-state index contributed by atoms with van der Waals surface area (Å²) in [6.45, 7) is 0.493. The lowest BCUT2D eigenvalue weighted by molar-refractivity contribution is 0.193. The van der Waals surface area contributed by atoms with Crippen molar-refractivity contribution in [3.05, 3.63) is 65.7 Å². The lowest BCUT2D eigenvalue weighted by Crippen LogP contribution is -2.48. The molecule has 5 rings (SSSR count). The highest BCUT2D eigenvalue weighted by molar-refractivity contribution is 7.89. The summed E-state index contributed by atoms with van der Waals surface area (Å²) in [5, 5.41) is 10.2. The van der Waals surface area contributed by atoms with Crippen LogP contribution in [0.25, 0.3) is 5.57 Å². The third-order valence-corrected chi connectivity index (χ3v) is 9.21. The van der Waals surface area contributed by atoms with E-state index in [1.807, 2.05) is 13.1 Å². The number of hydrogen-bond acceptors (Lipinski definition) is 4. The van der Waals surface area contributed by atoms with E-state index in [9.17, 15) is 13.5 Å². The van der Waals surface area contributed by atoms with Crippen LogP contribution in [-0.2, 0) is 10.0 Å². The van der Waals surface area contributed by atoms with Gasteiger partial charge in [0.2, 0.25) is 10.0 Å². The maximum atomic E-state index is 13.6. The topological polar surface area (TPSA) is 60.9 Å². The second kappa shape index (κ2) is 8.08. The average Bonchev–Trinajstić information content (AvgIpc) is 3.26. The van der Waals surface area contributed by atoms with Gasteiger partial charge in [-0.25, -0.2) is 8.42 Å². The Kier molecular flexibility index (Phi) is 5.40. The summed E-state index contributed by atoms with van der Waals surface area (Å²) in [4.78, 5) is 2.48. The molecule has 2 aliphatic heterocycles. The molecule has 0 bridgehead atoms. The number of fused-ring (bicyclic) bond motifs is 3. The number of aliphatic hydroxyl groups is 1. The van der Waals surface area contributed by atoms with Gasteiger partial charge < -0.3 is 10.0 Å². The molecule has 1 aliphatic carbocycles. The molecule has 6 heteroatoms. The summed E-state index contributed by atoms with van der Waals surface area (Å²) in [6, 6.07) is 14.9. The largest absolute Gasteiger partial charge is 0.394 e. The van der Waals surface area contributed by atoms with Crippen LogP contribution in [0, 0.1) is 5.92 Å². The Morgan fingerprint density at radius 3 is 2.61 bits per heavy atom. The van der Waals surface area contributed by atoms with Crippen molar-refractivity contribution >= 4 is 21.3 Å². The first-order valence-electron chi connectivity index (χ1n) is 11.3. The normalized spacial score (nSPS) is 26.3. The van der Waals surface area contributed by atoms with Crippen LogP contribution in [0.1, 0.15) is 49.3 Å². The smallest absolute Gasteiger partial charge is 0.243 e. The number of benzene rings is 2. The number of aliphatic hydroxyl groups excluding tert-OH is 1. The number of sulfonamides is 1. The molecule has 2 aromatic carbocycles. The Balaban J connectivity index is 1.63. The standard InChI is InChI=1S/C25H30N2O3S/c1-26-23-13-12-19(18-8-4-2-5-9-18)16-22(23)25-21(24(26)17-28)14-15-27(25)31(29,30)20-10-6-3-7-11-20/h3,6-8,10-13,16,21,24-25,28H,2,4-5,9,14-15,17H2,1H3/t21-,24+,25-/m1/s1. The van der Waals surface area contributed by atoms with Crippen LogP contribution in [0.4, 0.5) is 5.69 Å². The molecule has 0 saturated carbocycles. The summed E-state index contributed by atoms with van der Waals surface area (Å²) < 4.78 is 28.9. The second-order valence-corrected chi connectivity index (χ2v) is 10.8. The zero-order valence-electron chi connectivity index (χ0n) is 17.9. The van der Waals surface area contributed by atoms with Crippen LogP contribution in [0.3, 0.4) is 0 Å². The molecule has 31 heavy (non-hydrogen) atoms. The van der Waals surface area contributed by atoms with Gasteiger partial charge in [-0.05, 0) is 73.1 Å². The zero-order chi connectivity index (χ0) is 21.6. The summed E-state index contributed by atoms with van der Waals surface area (Å²) in [5.41, 5.74) is 4.67. The molecule has 2 aromatic rings. The first kappa shape index (κ1) is 20.7. The highest BCUT2D eigenvalue weighted by Crippen LogP contribution is 2.51. The molecule has 0 aromatic heterocycles. The molecule has 3 aliphatic rings. The van der Waals surface area contributed by atoms with Gasteiger partial charge in [0.05, 0.1) is 23.6 Å². The highest BCUT2D eigenvalue weighted by atomic mass is 32.2. The van der Waals surface area contributed by atoms with Crippen LogP contribution >= 0.6 is 0 Å². The summed E-state index contributed by atoms with van der Waals surface area (Å²) in [5.74, 6) is 0.0663. The van der Waals surface area contributed by atoms with Crippen molar-refractivity contribution < 1.29 is 13.5 Å². The van der Waals surface area contributed by atoms with Gasteiger partial charge in [-0.3, -0.25) is 0 Å². The fourth-order valence-corrected chi connectivity index (χ4v) is 7.40. The lowest BCUT2D eigenvalue weighted by atomic mass is 9.81. The number of hydrogen-bond donors (Lipinski definition) is 1. The minimum absolute atomic E-state index is 0.0171. The fourth-order valence-electron chi connectivity index (χ4n) is 5.71. The number of allylic oxidation sites excluding steroid dienone is 2. The molecule has 0 unspecified atom stereocenters. The van der Waals surface area contributed by atoms with Gasteiger partial charge >= 0.3 is 0 Å². The number of likely N-dealkylation sites (N-methyl/N-ethyl adjacent to an activating group) is 1. The van der Waals surface area contributed by atoms with Gasteiger partial charge in [0.1, 0.15) is 0 Å². The second-order valence-electron chi connectivity index (χ2n) is 8.94. The van der Waals surface area contributed by atoms with Crippen molar-refractivity contribution in [1.82, 2.24) is 4.31 Å². The summed E-state index contributed by atoms with van der Waals surface area (Å²) >= 11 is 0. The van der Waals surface area contributed by atoms with Gasteiger partial charge in [0.15, 0.2) is 0 Å². The molecule has 164 valence electrons. The minimum Gasteiger partial charge on any atom is -0.394 e. The van der Waals surface area contributed by atoms with E-state index in [0.717, 1.165) is 30.5 Å². The van der Waals surface area contributed by atoms with Crippen LogP contribution in [0.15, 0.2) is 59.5 Å². The Morgan fingerprint density at radius 2 is 1.90 bits per heavy atom. The van der Waals surface area contributed by atoms with E-state index < -0.39 is 10.0 Å². The molecular formula is C25H30N2O3S. The van der Waals surface area contributed by atoms with E-state index in [0.29, 0.717) is 11.4 Å². The monoisotopic (exact) mass is 438 g/mol. The summed E-state index contributed by atoms with van der Waals surface area (Å²) in [7, 11) is -1.60. The third-order valence-electron chi connectivity index (χ3n) is 7.32. The minimum atomic E-state index is -3.62. The fraction of sp³-hybridized carbons (Fsp3) is 0.440. The van der Waals surface area contributed by atoms with E-state index in [-0.39, 0.29) is 24.6 Å². The molecule has 1 saturated heterocycles. The number of rotatable bonds is 4. The first-order chi connectivity index (χ1) is 15.0. The van der Waals surface area contributed by atoms with Gasteiger partial charge in [-0.2, -0.15) is 4.31 Å². The average molecular weight is 439 g/mol. The predicted octanol–water partition coefficient (Wildman–Crippen LogP) is 4.21. The molecule has 1 N–H and O–H groups in total. The highest BCUT2D eigenvalue weighted by Gasteiger charge is 2.50. The SMILES string of the molecule is CN1c2ccc(C3=CCCCC3)cc2[C@H]2[C@H](CCN2S(=O)(=O)c2ccccc2)[C@@H]1CO. The van der Waals surface area contributed by atoms with Crippen LogP contribution in [0.2, 0.25) is 0 Å². The van der Waals surface area contributed by atoms with Crippen molar-refractivity contribution in [2.24, 2.45) is 5.92 Å². The van der Waals surface area contributed by atoms with E-state index in [4.69, 9.17) is 0 Å². The van der Waals surface area contributed by atoms with Gasteiger partial charge in [0, 0.05) is 25.2 Å². The van der Waals surface area contributed by atoms with Gasteiger partial charge in [-0.15, -0.1) is 0 Å². The van der Waals surface area contributed by atoms with E-state index in [1.165, 1.54) is 24.0 Å². The van der Waals surface area contributed by atoms with Crippen molar-refractivity contribution in [2.75, 3.05) is 25.1 Å². The quantitative estimate of drug-likeness (QED) is 0.777. The molecule has 2 heterocycles. The Hall–Kier alpha value is -2.15. The molecule has 0 amide bonds. The van der Waals surface area contributed by atoms with E-state index >= 15 is 0 Å². The maximum absolute atomic E-state index is 13.6. The third kappa shape index (κ3) is 3.41. The Labute approximate surface area is 185 Å². The predicted molar refractivity (Wildman–Crippen MR) is 123 cm³/mol.